The van der Waals surface area contributed by atoms with E-state index in [1.165, 1.54) is 13.3 Å². The van der Waals surface area contributed by atoms with Crippen LogP contribution in [-0.2, 0) is 21.4 Å². The van der Waals surface area contributed by atoms with Gasteiger partial charge in [0.2, 0.25) is 10.0 Å². The molecule has 184 valence electrons. The van der Waals surface area contributed by atoms with Gasteiger partial charge in [-0.25, -0.2) is 13.8 Å². The Hall–Kier alpha value is -3.69. The zero-order chi connectivity index (χ0) is 25.4. The van der Waals surface area contributed by atoms with Crippen LogP contribution in [0.2, 0.25) is 0 Å². The van der Waals surface area contributed by atoms with E-state index >= 15 is 0 Å². The number of rotatable bonds is 10. The smallest absolute Gasteiger partial charge is 0.255 e. The van der Waals surface area contributed by atoms with E-state index < -0.39 is 22.5 Å². The molecule has 0 saturated carbocycles. The molecule has 0 heterocycles. The number of hydrazone groups is 1. The Morgan fingerprint density at radius 3 is 2.31 bits per heavy atom. The number of hydrogen-bond donors (Lipinski definition) is 1. The summed E-state index contributed by atoms with van der Waals surface area (Å²) in [7, 11) is -0.861. The van der Waals surface area contributed by atoms with E-state index in [0.717, 1.165) is 21.0 Å². The molecule has 0 spiro atoms. The molecular weight excluding hydrogens is 466 g/mol. The molecule has 3 aromatic carbocycles. The minimum absolute atomic E-state index is 0.0463. The molecule has 0 fully saturated rings. The lowest BCUT2D eigenvalue weighted by Crippen LogP contribution is -2.39. The lowest BCUT2D eigenvalue weighted by Gasteiger charge is -2.22. The van der Waals surface area contributed by atoms with Crippen LogP contribution >= 0.6 is 0 Å². The lowest BCUT2D eigenvalue weighted by atomic mass is 10.1. The standard InChI is InChI=1S/C26H29N3O5S/c1-19-8-11-23(12-9-19)35(31,32)29(17-22-7-5-6-20(2)14-22)18-26(30)28-27-16-21-10-13-24(33-3)25(15-21)34-4/h5-16H,17-18H2,1-4H3,(H,28,30)/b27-16-. The first-order valence-corrected chi connectivity index (χ1v) is 12.3. The summed E-state index contributed by atoms with van der Waals surface area (Å²) in [6.07, 6.45) is 1.44. The van der Waals surface area contributed by atoms with E-state index in [1.807, 2.05) is 38.1 Å². The summed E-state index contributed by atoms with van der Waals surface area (Å²) in [5.74, 6) is 0.531. The van der Waals surface area contributed by atoms with Crippen LogP contribution in [0, 0.1) is 13.8 Å². The quantitative estimate of drug-likeness (QED) is 0.342. The van der Waals surface area contributed by atoms with Gasteiger partial charge >= 0.3 is 0 Å². The summed E-state index contributed by atoms with van der Waals surface area (Å²) in [5.41, 5.74) is 5.80. The second-order valence-corrected chi connectivity index (χ2v) is 9.92. The van der Waals surface area contributed by atoms with E-state index in [4.69, 9.17) is 9.47 Å². The monoisotopic (exact) mass is 495 g/mol. The maximum absolute atomic E-state index is 13.4. The third kappa shape index (κ3) is 6.91. The molecule has 0 aliphatic carbocycles. The van der Waals surface area contributed by atoms with Crippen molar-refractivity contribution in [2.45, 2.75) is 25.3 Å². The molecule has 0 aliphatic heterocycles. The summed E-state index contributed by atoms with van der Waals surface area (Å²) in [6, 6.07) is 19.2. The SMILES string of the molecule is COc1ccc(/C=N\NC(=O)CN(Cc2cccc(C)c2)S(=O)(=O)c2ccc(C)cc2)cc1OC. The van der Waals surface area contributed by atoms with Crippen molar-refractivity contribution in [3.63, 3.8) is 0 Å². The highest BCUT2D eigenvalue weighted by molar-refractivity contribution is 7.89. The van der Waals surface area contributed by atoms with E-state index in [0.29, 0.717) is 17.1 Å². The Bertz CT molecular complexity index is 1300. The molecule has 0 atom stereocenters. The summed E-state index contributed by atoms with van der Waals surface area (Å²) in [4.78, 5) is 12.8. The molecule has 0 aromatic heterocycles. The van der Waals surface area contributed by atoms with Crippen molar-refractivity contribution in [1.82, 2.24) is 9.73 Å². The van der Waals surface area contributed by atoms with Crippen molar-refractivity contribution in [1.29, 1.82) is 0 Å². The third-order valence-electron chi connectivity index (χ3n) is 5.23. The number of sulfonamides is 1. The van der Waals surface area contributed by atoms with Crippen LogP contribution in [-0.4, -0.2) is 45.6 Å². The highest BCUT2D eigenvalue weighted by Gasteiger charge is 2.27. The summed E-state index contributed by atoms with van der Waals surface area (Å²) in [5, 5.41) is 3.97. The predicted octanol–water partition coefficient (Wildman–Crippen LogP) is 3.66. The van der Waals surface area contributed by atoms with Gasteiger partial charge in [0.15, 0.2) is 11.5 Å². The first-order chi connectivity index (χ1) is 16.7. The average molecular weight is 496 g/mol. The number of amides is 1. The fraction of sp³-hybridized carbons (Fsp3) is 0.231. The van der Waals surface area contributed by atoms with E-state index in [2.05, 4.69) is 10.5 Å². The molecule has 0 radical (unpaired) electrons. The molecule has 9 heteroatoms. The van der Waals surface area contributed by atoms with Crippen molar-refractivity contribution >= 4 is 22.1 Å². The Kier molecular flexibility index (Phi) is 8.62. The number of ether oxygens (including phenoxy) is 2. The summed E-state index contributed by atoms with van der Waals surface area (Å²) >= 11 is 0. The number of carbonyl (C=O) groups excluding carboxylic acids is 1. The first-order valence-electron chi connectivity index (χ1n) is 10.9. The van der Waals surface area contributed by atoms with Gasteiger partial charge in [0, 0.05) is 6.54 Å². The van der Waals surface area contributed by atoms with Gasteiger partial charge in [0.05, 0.1) is 31.9 Å². The van der Waals surface area contributed by atoms with Crippen LogP contribution in [0.1, 0.15) is 22.3 Å². The van der Waals surface area contributed by atoms with E-state index in [1.54, 1.807) is 49.6 Å². The maximum atomic E-state index is 13.4. The molecular formula is C26H29N3O5S. The minimum Gasteiger partial charge on any atom is -0.493 e. The van der Waals surface area contributed by atoms with Crippen molar-refractivity contribution in [2.24, 2.45) is 5.10 Å². The lowest BCUT2D eigenvalue weighted by molar-refractivity contribution is -0.121. The van der Waals surface area contributed by atoms with Gasteiger partial charge in [0.25, 0.3) is 5.91 Å². The van der Waals surface area contributed by atoms with Gasteiger partial charge in [-0.15, -0.1) is 0 Å². The Balaban J connectivity index is 1.78. The second kappa shape index (κ2) is 11.6. The van der Waals surface area contributed by atoms with Crippen LogP contribution in [0.5, 0.6) is 11.5 Å². The topological polar surface area (TPSA) is 97.3 Å². The van der Waals surface area contributed by atoms with Crippen molar-refractivity contribution in [3.8, 4) is 11.5 Å². The zero-order valence-corrected chi connectivity index (χ0v) is 21.0. The molecule has 0 aliphatic rings. The van der Waals surface area contributed by atoms with Crippen molar-refractivity contribution in [3.05, 3.63) is 89.0 Å². The van der Waals surface area contributed by atoms with Gasteiger partial charge < -0.3 is 9.47 Å². The number of nitrogens with zero attached hydrogens (tertiary/aromatic N) is 2. The normalized spacial score (nSPS) is 11.6. The Labute approximate surface area is 206 Å². The first kappa shape index (κ1) is 25.9. The van der Waals surface area contributed by atoms with Gasteiger partial charge in [0.1, 0.15) is 0 Å². The number of nitrogens with one attached hydrogen (secondary N) is 1. The molecule has 0 unspecified atom stereocenters. The van der Waals surface area contributed by atoms with Crippen LogP contribution < -0.4 is 14.9 Å². The molecule has 3 rings (SSSR count). The number of benzene rings is 3. The average Bonchev–Trinajstić information content (AvgIpc) is 2.84. The summed E-state index contributed by atoms with van der Waals surface area (Å²) < 4.78 is 38.4. The Morgan fingerprint density at radius 1 is 0.943 bits per heavy atom. The minimum atomic E-state index is -3.93. The highest BCUT2D eigenvalue weighted by Crippen LogP contribution is 2.26. The van der Waals surface area contributed by atoms with E-state index in [-0.39, 0.29) is 11.4 Å². The number of hydrogen-bond acceptors (Lipinski definition) is 6. The highest BCUT2D eigenvalue weighted by atomic mass is 32.2. The van der Waals surface area contributed by atoms with Crippen LogP contribution in [0.3, 0.4) is 0 Å². The third-order valence-corrected chi connectivity index (χ3v) is 7.04. The zero-order valence-electron chi connectivity index (χ0n) is 20.2. The molecule has 3 aromatic rings. The van der Waals surface area contributed by atoms with Crippen LogP contribution in [0.15, 0.2) is 76.7 Å². The number of methoxy groups -OCH3 is 2. The molecule has 0 bridgehead atoms. The molecule has 1 N–H and O–H groups in total. The van der Waals surface area contributed by atoms with Crippen LogP contribution in [0.25, 0.3) is 0 Å². The largest absolute Gasteiger partial charge is 0.493 e. The molecule has 8 nitrogen and oxygen atoms in total. The Morgan fingerprint density at radius 2 is 1.66 bits per heavy atom. The molecule has 1 amide bonds. The second-order valence-electron chi connectivity index (χ2n) is 7.98. The van der Waals surface area contributed by atoms with E-state index in [9.17, 15) is 13.2 Å². The van der Waals surface area contributed by atoms with Gasteiger partial charge in [-0.2, -0.15) is 9.41 Å². The number of aryl methyl sites for hydroxylation is 2. The molecule has 35 heavy (non-hydrogen) atoms. The van der Waals surface area contributed by atoms with Crippen LogP contribution in [0.4, 0.5) is 0 Å². The van der Waals surface area contributed by atoms with Gasteiger partial charge in [-0.1, -0.05) is 47.5 Å². The fourth-order valence-corrected chi connectivity index (χ4v) is 4.79. The maximum Gasteiger partial charge on any atom is 0.255 e. The fourth-order valence-electron chi connectivity index (χ4n) is 3.41. The summed E-state index contributed by atoms with van der Waals surface area (Å²) in [6.45, 7) is 3.46. The number of carbonyl (C=O) groups is 1. The molecule has 0 saturated heterocycles. The predicted molar refractivity (Wildman–Crippen MR) is 135 cm³/mol. The van der Waals surface area contributed by atoms with Crippen molar-refractivity contribution in [2.75, 3.05) is 20.8 Å². The van der Waals surface area contributed by atoms with Gasteiger partial charge in [-0.3, -0.25) is 4.79 Å². The van der Waals surface area contributed by atoms with Crippen molar-refractivity contribution < 1.29 is 22.7 Å². The van der Waals surface area contributed by atoms with Gasteiger partial charge in [-0.05, 0) is 55.3 Å².